The molecular weight excluding hydrogens is 328 g/mol. The molecule has 2 N–H and O–H groups in total. The lowest BCUT2D eigenvalue weighted by atomic mass is 9.74. The van der Waals surface area contributed by atoms with Crippen molar-refractivity contribution in [2.24, 2.45) is 5.92 Å². The molecule has 26 heavy (non-hydrogen) atoms. The van der Waals surface area contributed by atoms with Crippen LogP contribution in [0.15, 0.2) is 42.7 Å². The van der Waals surface area contributed by atoms with E-state index in [1.54, 1.807) is 12.4 Å². The second kappa shape index (κ2) is 7.46. The van der Waals surface area contributed by atoms with Crippen molar-refractivity contribution >= 4 is 5.91 Å². The number of pyridine rings is 1. The minimum absolute atomic E-state index is 0.0389. The number of carbonyl (C=O) groups excluding carboxylic acids is 1. The van der Waals surface area contributed by atoms with Gasteiger partial charge in [-0.25, -0.2) is 0 Å². The van der Waals surface area contributed by atoms with E-state index in [-0.39, 0.29) is 24.0 Å². The second-order valence-electron chi connectivity index (χ2n) is 7.26. The van der Waals surface area contributed by atoms with Crippen molar-refractivity contribution in [3.8, 4) is 5.75 Å². The zero-order valence-electron chi connectivity index (χ0n) is 14.7. The second-order valence-corrected chi connectivity index (χ2v) is 7.26. The molecule has 2 aliphatic rings. The Morgan fingerprint density at radius 1 is 1.35 bits per heavy atom. The number of nitrogens with one attached hydrogen (secondary N) is 1. The summed E-state index contributed by atoms with van der Waals surface area (Å²) < 4.78 is 5.59. The molecule has 136 valence electrons. The van der Waals surface area contributed by atoms with Gasteiger partial charge in [-0.15, -0.1) is 0 Å². The maximum atomic E-state index is 12.5. The van der Waals surface area contributed by atoms with Gasteiger partial charge in [0.1, 0.15) is 5.75 Å². The summed E-state index contributed by atoms with van der Waals surface area (Å²) in [5.41, 5.74) is 3.38. The molecule has 1 fully saturated rings. The number of aliphatic hydroxyl groups is 1. The molecule has 1 saturated carbocycles. The summed E-state index contributed by atoms with van der Waals surface area (Å²) in [4.78, 5) is 16.6. The third-order valence-electron chi connectivity index (χ3n) is 5.37. The number of aliphatic hydroxyl groups excluding tert-OH is 1. The van der Waals surface area contributed by atoms with Gasteiger partial charge < -0.3 is 15.2 Å². The quantitative estimate of drug-likeness (QED) is 0.838. The van der Waals surface area contributed by atoms with Crippen LogP contribution in [-0.4, -0.2) is 28.7 Å². The minimum Gasteiger partial charge on any atom is -0.493 e. The molecule has 1 aliphatic heterocycles. The summed E-state index contributed by atoms with van der Waals surface area (Å²) in [6.45, 7) is 0.725. The van der Waals surface area contributed by atoms with Crippen molar-refractivity contribution in [2.75, 3.05) is 6.61 Å². The Kier molecular flexibility index (Phi) is 4.89. The first-order chi connectivity index (χ1) is 12.7. The first kappa shape index (κ1) is 17.0. The van der Waals surface area contributed by atoms with Crippen LogP contribution in [0.1, 0.15) is 42.0 Å². The molecule has 1 aromatic carbocycles. The molecule has 0 radical (unpaired) electrons. The Morgan fingerprint density at radius 3 is 3.00 bits per heavy atom. The number of hydrogen-bond acceptors (Lipinski definition) is 4. The zero-order chi connectivity index (χ0) is 17.9. The first-order valence-electron chi connectivity index (χ1n) is 9.31. The van der Waals surface area contributed by atoms with Gasteiger partial charge in [-0.3, -0.25) is 9.78 Å². The van der Waals surface area contributed by atoms with E-state index in [1.807, 2.05) is 24.3 Å². The van der Waals surface area contributed by atoms with Gasteiger partial charge >= 0.3 is 0 Å². The number of carbonyl (C=O) groups is 1. The van der Waals surface area contributed by atoms with E-state index in [0.29, 0.717) is 12.8 Å². The molecule has 0 saturated heterocycles. The topological polar surface area (TPSA) is 71.5 Å². The minimum atomic E-state index is -0.243. The van der Waals surface area contributed by atoms with Crippen LogP contribution in [0.2, 0.25) is 0 Å². The van der Waals surface area contributed by atoms with Crippen LogP contribution in [-0.2, 0) is 17.6 Å². The molecule has 4 rings (SSSR count). The van der Waals surface area contributed by atoms with E-state index in [9.17, 15) is 9.90 Å². The normalized spacial score (nSPS) is 22.0. The smallest absolute Gasteiger partial charge is 0.220 e. The van der Waals surface area contributed by atoms with E-state index < -0.39 is 0 Å². The molecule has 1 amide bonds. The lowest BCUT2D eigenvalue weighted by Crippen LogP contribution is -2.41. The van der Waals surface area contributed by atoms with Crippen molar-refractivity contribution in [3.05, 3.63) is 59.4 Å². The van der Waals surface area contributed by atoms with Gasteiger partial charge in [-0.2, -0.15) is 0 Å². The molecule has 2 aromatic rings. The van der Waals surface area contributed by atoms with Gasteiger partial charge in [0.15, 0.2) is 0 Å². The van der Waals surface area contributed by atoms with Crippen molar-refractivity contribution in [1.82, 2.24) is 10.3 Å². The van der Waals surface area contributed by atoms with Crippen LogP contribution >= 0.6 is 0 Å². The molecule has 0 spiro atoms. The third kappa shape index (κ3) is 3.73. The number of rotatable bonds is 6. The fraction of sp³-hybridized carbons (Fsp3) is 0.429. The standard InChI is InChI=1S/C21H24N2O3/c24-18-11-17(12-18)21(16-4-5-19-15(10-16)7-9-26-19)23-20(25)6-3-14-2-1-8-22-13-14/h1-2,4-5,8,10,13,17-18,21,24H,3,6-7,9,11-12H2,(H,23,25)/t17?,18?,21-/m1/s1. The van der Waals surface area contributed by atoms with E-state index >= 15 is 0 Å². The number of benzene rings is 1. The Hall–Kier alpha value is -2.40. The Balaban J connectivity index is 1.44. The summed E-state index contributed by atoms with van der Waals surface area (Å²) in [7, 11) is 0. The van der Waals surface area contributed by atoms with E-state index in [4.69, 9.17) is 4.74 Å². The highest BCUT2D eigenvalue weighted by Gasteiger charge is 2.36. The van der Waals surface area contributed by atoms with Gasteiger partial charge in [0, 0.05) is 25.2 Å². The Morgan fingerprint density at radius 2 is 2.23 bits per heavy atom. The van der Waals surface area contributed by atoms with Gasteiger partial charge in [-0.1, -0.05) is 12.1 Å². The number of aryl methyl sites for hydroxylation is 1. The van der Waals surface area contributed by atoms with Crippen LogP contribution in [0.4, 0.5) is 0 Å². The number of nitrogens with zero attached hydrogens (tertiary/aromatic N) is 1. The fourth-order valence-electron chi connectivity index (χ4n) is 3.82. The molecule has 0 unspecified atom stereocenters. The molecule has 2 heterocycles. The van der Waals surface area contributed by atoms with Gasteiger partial charge in [0.25, 0.3) is 0 Å². The Bertz CT molecular complexity index is 772. The van der Waals surface area contributed by atoms with Crippen LogP contribution in [0.3, 0.4) is 0 Å². The molecule has 1 aliphatic carbocycles. The van der Waals surface area contributed by atoms with Gasteiger partial charge in [0.2, 0.25) is 5.91 Å². The summed E-state index contributed by atoms with van der Waals surface area (Å²) in [6, 6.07) is 10.0. The monoisotopic (exact) mass is 352 g/mol. The van der Waals surface area contributed by atoms with Crippen LogP contribution in [0.25, 0.3) is 0 Å². The molecule has 0 bridgehead atoms. The first-order valence-corrected chi connectivity index (χ1v) is 9.31. The molecule has 1 aromatic heterocycles. The van der Waals surface area contributed by atoms with Crippen molar-refractivity contribution in [3.63, 3.8) is 0 Å². The number of amides is 1. The lowest BCUT2D eigenvalue weighted by Gasteiger charge is -2.38. The van der Waals surface area contributed by atoms with Crippen molar-refractivity contribution in [2.45, 2.75) is 44.2 Å². The maximum absolute atomic E-state index is 12.5. The molecule has 1 atom stereocenters. The van der Waals surface area contributed by atoms with Gasteiger partial charge in [0.05, 0.1) is 18.8 Å². The summed E-state index contributed by atoms with van der Waals surface area (Å²) in [5.74, 6) is 1.27. The van der Waals surface area contributed by atoms with Crippen LogP contribution < -0.4 is 10.1 Å². The van der Waals surface area contributed by atoms with Crippen molar-refractivity contribution in [1.29, 1.82) is 0 Å². The number of hydrogen-bond donors (Lipinski definition) is 2. The number of aromatic nitrogens is 1. The lowest BCUT2D eigenvalue weighted by molar-refractivity contribution is -0.123. The van der Waals surface area contributed by atoms with E-state index in [0.717, 1.165) is 42.7 Å². The van der Waals surface area contributed by atoms with Crippen LogP contribution in [0.5, 0.6) is 5.75 Å². The SMILES string of the molecule is O=C(CCc1cccnc1)N[C@H](c1ccc2c(c1)CCO2)C1CC(O)C1. The van der Waals surface area contributed by atoms with E-state index in [1.165, 1.54) is 5.56 Å². The highest BCUT2D eigenvalue weighted by Crippen LogP contribution is 2.39. The number of fused-ring (bicyclic) bond motifs is 1. The average molecular weight is 352 g/mol. The summed E-state index contributed by atoms with van der Waals surface area (Å²) >= 11 is 0. The third-order valence-corrected chi connectivity index (χ3v) is 5.37. The summed E-state index contributed by atoms with van der Waals surface area (Å²) in [5, 5.41) is 12.9. The molecule has 5 heteroatoms. The zero-order valence-corrected chi connectivity index (χ0v) is 14.7. The number of ether oxygens (including phenoxy) is 1. The van der Waals surface area contributed by atoms with E-state index in [2.05, 4.69) is 16.4 Å². The highest BCUT2D eigenvalue weighted by molar-refractivity contribution is 5.76. The predicted octanol–water partition coefficient (Wildman–Crippen LogP) is 2.58. The largest absolute Gasteiger partial charge is 0.493 e. The highest BCUT2D eigenvalue weighted by atomic mass is 16.5. The fourth-order valence-corrected chi connectivity index (χ4v) is 3.82. The van der Waals surface area contributed by atoms with Crippen LogP contribution in [0, 0.1) is 5.92 Å². The Labute approximate surface area is 153 Å². The predicted molar refractivity (Wildman–Crippen MR) is 97.8 cm³/mol. The van der Waals surface area contributed by atoms with Crippen molar-refractivity contribution < 1.29 is 14.6 Å². The molecular formula is C21H24N2O3. The summed E-state index contributed by atoms with van der Waals surface area (Å²) in [6.07, 6.45) is 6.79. The molecule has 5 nitrogen and oxygen atoms in total. The average Bonchev–Trinajstić information content (AvgIpc) is 3.11. The maximum Gasteiger partial charge on any atom is 0.220 e. The van der Waals surface area contributed by atoms with Gasteiger partial charge in [-0.05, 0) is 60.1 Å².